The lowest BCUT2D eigenvalue weighted by molar-refractivity contribution is -0.137. The molecule has 0 radical (unpaired) electrons. The first-order chi connectivity index (χ1) is 9.36. The molecule has 0 aliphatic carbocycles. The summed E-state index contributed by atoms with van der Waals surface area (Å²) in [5, 5.41) is 2.90. The molecule has 1 rings (SSSR count). The Bertz CT molecular complexity index is 423. The Morgan fingerprint density at radius 1 is 1.20 bits per heavy atom. The summed E-state index contributed by atoms with van der Waals surface area (Å²) in [6.07, 6.45) is -4.77. The highest BCUT2D eigenvalue weighted by Crippen LogP contribution is 2.30. The average molecular weight is 295 g/mol. The monoisotopic (exact) mass is 295 g/mol. The SMILES string of the molecule is COCC(CNCc1cc(F)cc(C(F)(F)F)c1)OC. The molecule has 0 fully saturated rings. The summed E-state index contributed by atoms with van der Waals surface area (Å²) < 4.78 is 60.7. The van der Waals surface area contributed by atoms with Gasteiger partial charge in [-0.15, -0.1) is 0 Å². The highest BCUT2D eigenvalue weighted by molar-refractivity contribution is 5.26. The van der Waals surface area contributed by atoms with Gasteiger partial charge in [-0.25, -0.2) is 4.39 Å². The van der Waals surface area contributed by atoms with Crippen LogP contribution in [0.4, 0.5) is 17.6 Å². The standard InChI is InChI=1S/C13H17F4NO2/c1-19-8-12(20-2)7-18-6-9-3-10(13(15,16)17)5-11(14)4-9/h3-5,12,18H,6-8H2,1-2H3. The van der Waals surface area contributed by atoms with Crippen LogP contribution in [0.25, 0.3) is 0 Å². The topological polar surface area (TPSA) is 30.5 Å². The molecule has 1 atom stereocenters. The molecule has 0 bridgehead atoms. The second-order valence-corrected chi connectivity index (χ2v) is 4.29. The summed E-state index contributed by atoms with van der Waals surface area (Å²) in [5.74, 6) is -0.906. The van der Waals surface area contributed by atoms with Crippen molar-refractivity contribution in [1.82, 2.24) is 5.32 Å². The van der Waals surface area contributed by atoms with Crippen LogP contribution in [0.1, 0.15) is 11.1 Å². The zero-order valence-corrected chi connectivity index (χ0v) is 11.3. The maximum atomic E-state index is 13.2. The van der Waals surface area contributed by atoms with Gasteiger partial charge in [0.05, 0.1) is 18.3 Å². The predicted octanol–water partition coefficient (Wildman–Crippen LogP) is 2.60. The largest absolute Gasteiger partial charge is 0.416 e. The molecule has 3 nitrogen and oxygen atoms in total. The lowest BCUT2D eigenvalue weighted by atomic mass is 10.1. The van der Waals surface area contributed by atoms with Gasteiger partial charge in [0.2, 0.25) is 0 Å². The summed E-state index contributed by atoms with van der Waals surface area (Å²) in [6.45, 7) is 0.868. The van der Waals surface area contributed by atoms with Crippen molar-refractivity contribution in [3.63, 3.8) is 0 Å². The second kappa shape index (κ2) is 7.56. The molecule has 1 N–H and O–H groups in total. The van der Waals surface area contributed by atoms with Crippen LogP contribution in [0.3, 0.4) is 0 Å². The van der Waals surface area contributed by atoms with E-state index in [0.29, 0.717) is 19.2 Å². The van der Waals surface area contributed by atoms with Gasteiger partial charge in [-0.1, -0.05) is 0 Å². The Hall–Kier alpha value is -1.18. The third-order valence-electron chi connectivity index (χ3n) is 2.67. The molecule has 0 saturated carbocycles. The third-order valence-corrected chi connectivity index (χ3v) is 2.67. The first kappa shape index (κ1) is 16.9. The highest BCUT2D eigenvalue weighted by atomic mass is 19.4. The quantitative estimate of drug-likeness (QED) is 0.784. The normalized spacial score (nSPS) is 13.5. The first-order valence-corrected chi connectivity index (χ1v) is 5.96. The maximum Gasteiger partial charge on any atom is 0.416 e. The number of alkyl halides is 3. The zero-order chi connectivity index (χ0) is 15.2. The summed E-state index contributed by atoms with van der Waals surface area (Å²) in [5.41, 5.74) is -0.765. The number of halogens is 4. The van der Waals surface area contributed by atoms with E-state index in [4.69, 9.17) is 9.47 Å². The van der Waals surface area contributed by atoms with E-state index in [2.05, 4.69) is 5.32 Å². The summed E-state index contributed by atoms with van der Waals surface area (Å²) >= 11 is 0. The number of hydrogen-bond acceptors (Lipinski definition) is 3. The van der Waals surface area contributed by atoms with E-state index >= 15 is 0 Å². The summed E-state index contributed by atoms with van der Waals surface area (Å²) in [7, 11) is 3.03. The number of nitrogens with one attached hydrogen (secondary N) is 1. The van der Waals surface area contributed by atoms with Gasteiger partial charge < -0.3 is 14.8 Å². The molecule has 0 saturated heterocycles. The average Bonchev–Trinajstić information content (AvgIpc) is 2.36. The van der Waals surface area contributed by atoms with Gasteiger partial charge in [-0.3, -0.25) is 0 Å². The fourth-order valence-electron chi connectivity index (χ4n) is 1.69. The minimum atomic E-state index is -4.55. The van der Waals surface area contributed by atoms with Crippen LogP contribution in [0.2, 0.25) is 0 Å². The second-order valence-electron chi connectivity index (χ2n) is 4.29. The van der Waals surface area contributed by atoms with Crippen molar-refractivity contribution >= 4 is 0 Å². The van der Waals surface area contributed by atoms with E-state index in [1.807, 2.05) is 0 Å². The Kier molecular flexibility index (Phi) is 6.38. The molecule has 1 aromatic carbocycles. The zero-order valence-electron chi connectivity index (χ0n) is 11.3. The van der Waals surface area contributed by atoms with E-state index in [-0.39, 0.29) is 18.2 Å². The van der Waals surface area contributed by atoms with Crippen molar-refractivity contribution in [3.05, 3.63) is 35.1 Å². The number of rotatable bonds is 7. The number of methoxy groups -OCH3 is 2. The molecule has 114 valence electrons. The molecule has 1 unspecified atom stereocenters. The molecule has 20 heavy (non-hydrogen) atoms. The first-order valence-electron chi connectivity index (χ1n) is 5.96. The smallest absolute Gasteiger partial charge is 0.382 e. The number of benzene rings is 1. The van der Waals surface area contributed by atoms with Crippen molar-refractivity contribution < 1.29 is 27.0 Å². The van der Waals surface area contributed by atoms with Crippen LogP contribution in [0.5, 0.6) is 0 Å². The van der Waals surface area contributed by atoms with E-state index in [1.54, 1.807) is 0 Å². The van der Waals surface area contributed by atoms with Crippen LogP contribution < -0.4 is 5.32 Å². The third kappa shape index (κ3) is 5.44. The van der Waals surface area contributed by atoms with Crippen molar-refractivity contribution in [2.24, 2.45) is 0 Å². The predicted molar refractivity (Wildman–Crippen MR) is 65.8 cm³/mol. The molecule has 7 heteroatoms. The minimum Gasteiger partial charge on any atom is -0.382 e. The van der Waals surface area contributed by atoms with Gasteiger partial charge in [0.25, 0.3) is 0 Å². The van der Waals surface area contributed by atoms with Crippen LogP contribution >= 0.6 is 0 Å². The molecule has 0 spiro atoms. The molecule has 1 aromatic rings. The van der Waals surface area contributed by atoms with Gasteiger partial charge in [-0.05, 0) is 23.8 Å². The Labute approximate surface area is 114 Å². The molecular formula is C13H17F4NO2. The number of ether oxygens (including phenoxy) is 2. The Balaban J connectivity index is 2.62. The van der Waals surface area contributed by atoms with Crippen molar-refractivity contribution in [2.75, 3.05) is 27.4 Å². The molecule has 0 aliphatic rings. The summed E-state index contributed by atoms with van der Waals surface area (Å²) in [6, 6.07) is 2.47. The van der Waals surface area contributed by atoms with Crippen LogP contribution in [-0.4, -0.2) is 33.5 Å². The van der Waals surface area contributed by atoms with E-state index in [1.165, 1.54) is 14.2 Å². The number of hydrogen-bond donors (Lipinski definition) is 1. The minimum absolute atomic E-state index is 0.115. The molecule has 0 amide bonds. The van der Waals surface area contributed by atoms with Gasteiger partial charge in [0.15, 0.2) is 0 Å². The van der Waals surface area contributed by atoms with Crippen molar-refractivity contribution in [2.45, 2.75) is 18.8 Å². The fraction of sp³-hybridized carbons (Fsp3) is 0.538. The van der Waals surface area contributed by atoms with Gasteiger partial charge in [0.1, 0.15) is 5.82 Å². The maximum absolute atomic E-state index is 13.2. The van der Waals surface area contributed by atoms with Crippen LogP contribution in [0, 0.1) is 5.82 Å². The van der Waals surface area contributed by atoms with Gasteiger partial charge in [0, 0.05) is 27.3 Å². The van der Waals surface area contributed by atoms with E-state index in [9.17, 15) is 17.6 Å². The Morgan fingerprint density at radius 2 is 1.90 bits per heavy atom. The Morgan fingerprint density at radius 3 is 2.45 bits per heavy atom. The van der Waals surface area contributed by atoms with Gasteiger partial charge >= 0.3 is 6.18 Å². The molecule has 0 heterocycles. The van der Waals surface area contributed by atoms with Gasteiger partial charge in [-0.2, -0.15) is 13.2 Å². The molecule has 0 aliphatic heterocycles. The highest BCUT2D eigenvalue weighted by Gasteiger charge is 2.31. The van der Waals surface area contributed by atoms with E-state index in [0.717, 1.165) is 12.1 Å². The lowest BCUT2D eigenvalue weighted by Gasteiger charge is -2.15. The molecule has 0 aromatic heterocycles. The summed E-state index contributed by atoms with van der Waals surface area (Å²) in [4.78, 5) is 0. The van der Waals surface area contributed by atoms with Crippen molar-refractivity contribution in [3.8, 4) is 0 Å². The van der Waals surface area contributed by atoms with Crippen LogP contribution in [0.15, 0.2) is 18.2 Å². The van der Waals surface area contributed by atoms with Crippen molar-refractivity contribution in [1.29, 1.82) is 0 Å². The van der Waals surface area contributed by atoms with Crippen LogP contribution in [-0.2, 0) is 22.2 Å². The van der Waals surface area contributed by atoms with E-state index < -0.39 is 17.6 Å². The lowest BCUT2D eigenvalue weighted by Crippen LogP contribution is -2.31. The molecular weight excluding hydrogens is 278 g/mol. The fourth-order valence-corrected chi connectivity index (χ4v) is 1.69.